The number of piperazine rings is 2. The molecular formula is C22H31N7O3. The lowest BCUT2D eigenvalue weighted by Gasteiger charge is -2.36. The second-order valence-corrected chi connectivity index (χ2v) is 7.91. The smallest absolute Gasteiger partial charge is 0.322 e. The number of methoxy groups -OCH3 is 1. The maximum Gasteiger partial charge on any atom is 0.322 e. The maximum absolute atomic E-state index is 12.7. The van der Waals surface area contributed by atoms with E-state index in [2.05, 4.69) is 30.2 Å². The number of urea groups is 1. The van der Waals surface area contributed by atoms with E-state index in [4.69, 9.17) is 9.84 Å². The van der Waals surface area contributed by atoms with Crippen LogP contribution < -0.4 is 19.9 Å². The molecule has 32 heavy (non-hydrogen) atoms. The zero-order valence-electron chi connectivity index (χ0n) is 18.5. The summed E-state index contributed by atoms with van der Waals surface area (Å²) in [5, 5.41) is 20.9. The molecular weight excluding hydrogens is 410 g/mol. The van der Waals surface area contributed by atoms with Gasteiger partial charge < -0.3 is 29.9 Å². The van der Waals surface area contributed by atoms with Crippen LogP contribution in [-0.2, 0) is 0 Å². The predicted octanol–water partition coefficient (Wildman–Crippen LogP) is 0.954. The fourth-order valence-corrected chi connectivity index (χ4v) is 4.08. The van der Waals surface area contributed by atoms with Crippen molar-refractivity contribution in [3.8, 4) is 5.75 Å². The van der Waals surface area contributed by atoms with Crippen molar-refractivity contribution in [2.45, 2.75) is 0 Å². The van der Waals surface area contributed by atoms with Gasteiger partial charge in [-0.25, -0.2) is 4.79 Å². The minimum Gasteiger partial charge on any atom is -0.495 e. The van der Waals surface area contributed by atoms with Gasteiger partial charge in [0.05, 0.1) is 19.4 Å². The quantitative estimate of drug-likeness (QED) is 0.684. The molecule has 2 aromatic rings. The zero-order valence-corrected chi connectivity index (χ0v) is 18.5. The van der Waals surface area contributed by atoms with Gasteiger partial charge in [-0.2, -0.15) is 0 Å². The van der Waals surface area contributed by atoms with Crippen LogP contribution in [-0.4, -0.2) is 104 Å². The first kappa shape index (κ1) is 22.1. The SMILES string of the molecule is COc1ccccc1NC(=O)N1CCN(c2ccc(N3CCN(CCO)CC3)nn2)CC1. The molecule has 10 nitrogen and oxygen atoms in total. The number of carbonyl (C=O) groups is 1. The van der Waals surface area contributed by atoms with E-state index in [-0.39, 0.29) is 12.6 Å². The third-order valence-electron chi connectivity index (χ3n) is 5.99. The number of aliphatic hydroxyl groups excluding tert-OH is 1. The van der Waals surface area contributed by atoms with Crippen molar-refractivity contribution in [3.05, 3.63) is 36.4 Å². The van der Waals surface area contributed by atoms with Crippen molar-refractivity contribution < 1.29 is 14.6 Å². The van der Waals surface area contributed by atoms with Crippen molar-refractivity contribution in [2.24, 2.45) is 0 Å². The Balaban J connectivity index is 1.27. The molecule has 0 spiro atoms. The Morgan fingerprint density at radius 2 is 1.53 bits per heavy atom. The molecule has 0 aliphatic carbocycles. The fraction of sp³-hybridized carbons (Fsp3) is 0.500. The second kappa shape index (κ2) is 10.5. The topological polar surface area (TPSA) is 97.3 Å². The molecule has 4 rings (SSSR count). The number of aliphatic hydroxyl groups is 1. The van der Waals surface area contributed by atoms with E-state index in [1.54, 1.807) is 12.0 Å². The highest BCUT2D eigenvalue weighted by atomic mass is 16.5. The number of para-hydroxylation sites is 2. The van der Waals surface area contributed by atoms with Crippen molar-refractivity contribution in [1.82, 2.24) is 20.0 Å². The van der Waals surface area contributed by atoms with E-state index in [0.29, 0.717) is 37.6 Å². The first-order valence-corrected chi connectivity index (χ1v) is 11.0. The molecule has 1 aromatic carbocycles. The Bertz CT molecular complexity index is 879. The Kier molecular flexibility index (Phi) is 7.23. The third kappa shape index (κ3) is 5.20. The van der Waals surface area contributed by atoms with Gasteiger partial charge in [0.25, 0.3) is 0 Å². The summed E-state index contributed by atoms with van der Waals surface area (Å²) in [5.41, 5.74) is 0.668. The minimum atomic E-state index is -0.129. The summed E-state index contributed by atoms with van der Waals surface area (Å²) in [6.45, 7) is 7.15. The Morgan fingerprint density at radius 3 is 2.09 bits per heavy atom. The number of nitrogens with one attached hydrogen (secondary N) is 1. The molecule has 2 fully saturated rings. The molecule has 2 amide bonds. The standard InChI is InChI=1S/C22H31N7O3/c1-32-19-5-3-2-4-18(19)23-22(31)29-14-12-28(13-15-29)21-7-6-20(24-25-21)27-10-8-26(9-11-27)16-17-30/h2-7,30H,8-17H2,1H3,(H,23,31). The first-order valence-electron chi connectivity index (χ1n) is 11.0. The van der Waals surface area contributed by atoms with Gasteiger partial charge in [0.15, 0.2) is 11.6 Å². The molecule has 2 aliphatic rings. The van der Waals surface area contributed by atoms with Crippen LogP contribution in [0.2, 0.25) is 0 Å². The molecule has 10 heteroatoms. The number of benzene rings is 1. The average Bonchev–Trinajstić information content (AvgIpc) is 2.85. The summed E-state index contributed by atoms with van der Waals surface area (Å²) in [6.07, 6.45) is 0. The predicted molar refractivity (Wildman–Crippen MR) is 124 cm³/mol. The van der Waals surface area contributed by atoms with Crippen LogP contribution in [0.15, 0.2) is 36.4 Å². The Hall–Kier alpha value is -3.11. The molecule has 0 bridgehead atoms. The van der Waals surface area contributed by atoms with Crippen molar-refractivity contribution >= 4 is 23.4 Å². The molecule has 0 unspecified atom stereocenters. The van der Waals surface area contributed by atoms with Gasteiger partial charge in [-0.3, -0.25) is 4.90 Å². The second-order valence-electron chi connectivity index (χ2n) is 7.91. The monoisotopic (exact) mass is 441 g/mol. The summed E-state index contributed by atoms with van der Waals surface area (Å²) in [5.74, 6) is 2.36. The molecule has 0 atom stereocenters. The molecule has 2 saturated heterocycles. The Morgan fingerprint density at radius 1 is 0.938 bits per heavy atom. The lowest BCUT2D eigenvalue weighted by atomic mass is 10.3. The van der Waals surface area contributed by atoms with E-state index >= 15 is 0 Å². The number of ether oxygens (including phenoxy) is 1. The number of rotatable bonds is 6. The number of carbonyl (C=O) groups excluding carboxylic acids is 1. The minimum absolute atomic E-state index is 0.129. The van der Waals surface area contributed by atoms with Gasteiger partial charge in [-0.05, 0) is 24.3 Å². The molecule has 2 N–H and O–H groups in total. The number of β-amino-alcohol motifs (C(OH)–C–C–N with tert-alkyl or cyclic N) is 1. The van der Waals surface area contributed by atoms with Gasteiger partial charge in [0.2, 0.25) is 0 Å². The van der Waals surface area contributed by atoms with Gasteiger partial charge in [0.1, 0.15) is 5.75 Å². The number of anilines is 3. The number of hydrogen-bond donors (Lipinski definition) is 2. The van der Waals surface area contributed by atoms with Crippen LogP contribution in [0.25, 0.3) is 0 Å². The van der Waals surface area contributed by atoms with E-state index < -0.39 is 0 Å². The summed E-state index contributed by atoms with van der Waals surface area (Å²) in [6, 6.07) is 11.3. The van der Waals surface area contributed by atoms with Crippen molar-refractivity contribution in [2.75, 3.05) is 87.7 Å². The number of amides is 2. The normalized spacial score (nSPS) is 17.4. The van der Waals surface area contributed by atoms with Crippen LogP contribution in [0.5, 0.6) is 5.75 Å². The van der Waals surface area contributed by atoms with Gasteiger partial charge in [-0.1, -0.05) is 12.1 Å². The van der Waals surface area contributed by atoms with Crippen LogP contribution in [0, 0.1) is 0 Å². The van der Waals surface area contributed by atoms with Crippen LogP contribution in [0.1, 0.15) is 0 Å². The number of hydrogen-bond acceptors (Lipinski definition) is 8. The van der Waals surface area contributed by atoms with E-state index in [0.717, 1.165) is 44.4 Å². The Labute approximate surface area is 188 Å². The van der Waals surface area contributed by atoms with Gasteiger partial charge in [0, 0.05) is 58.9 Å². The van der Waals surface area contributed by atoms with Crippen molar-refractivity contribution in [3.63, 3.8) is 0 Å². The lowest BCUT2D eigenvalue weighted by molar-refractivity contribution is 0.188. The number of aromatic nitrogens is 2. The van der Waals surface area contributed by atoms with Gasteiger partial charge in [-0.15, -0.1) is 10.2 Å². The molecule has 1 aromatic heterocycles. The van der Waals surface area contributed by atoms with Crippen LogP contribution >= 0.6 is 0 Å². The summed E-state index contributed by atoms with van der Waals surface area (Å²) < 4.78 is 5.31. The molecule has 172 valence electrons. The summed E-state index contributed by atoms with van der Waals surface area (Å²) in [4.78, 5) is 21.1. The molecule has 3 heterocycles. The maximum atomic E-state index is 12.7. The van der Waals surface area contributed by atoms with E-state index in [1.165, 1.54) is 0 Å². The van der Waals surface area contributed by atoms with Gasteiger partial charge >= 0.3 is 6.03 Å². The van der Waals surface area contributed by atoms with Crippen molar-refractivity contribution in [1.29, 1.82) is 0 Å². The number of nitrogens with zero attached hydrogens (tertiary/aromatic N) is 6. The van der Waals surface area contributed by atoms with E-state index in [1.807, 2.05) is 36.4 Å². The molecule has 0 saturated carbocycles. The average molecular weight is 442 g/mol. The highest BCUT2D eigenvalue weighted by molar-refractivity contribution is 5.91. The summed E-state index contributed by atoms with van der Waals surface area (Å²) in [7, 11) is 1.59. The largest absolute Gasteiger partial charge is 0.495 e. The highest BCUT2D eigenvalue weighted by Crippen LogP contribution is 2.24. The zero-order chi connectivity index (χ0) is 22.3. The third-order valence-corrected chi connectivity index (χ3v) is 5.99. The lowest BCUT2D eigenvalue weighted by Crippen LogP contribution is -2.50. The molecule has 0 radical (unpaired) electrons. The fourth-order valence-electron chi connectivity index (χ4n) is 4.08. The van der Waals surface area contributed by atoms with E-state index in [9.17, 15) is 4.79 Å². The molecule has 2 aliphatic heterocycles. The summed E-state index contributed by atoms with van der Waals surface area (Å²) >= 11 is 0. The first-order chi connectivity index (χ1) is 15.7. The highest BCUT2D eigenvalue weighted by Gasteiger charge is 2.23. The van der Waals surface area contributed by atoms with Crippen LogP contribution in [0.4, 0.5) is 22.1 Å². The van der Waals surface area contributed by atoms with Crippen LogP contribution in [0.3, 0.4) is 0 Å².